The molecule has 4 nitrogen and oxygen atoms in total. The van der Waals surface area contributed by atoms with E-state index in [9.17, 15) is 9.59 Å². The smallest absolute Gasteiger partial charge is 0.242 e. The van der Waals surface area contributed by atoms with Gasteiger partial charge in [-0.25, -0.2) is 0 Å². The topological polar surface area (TPSA) is 49.4 Å². The van der Waals surface area contributed by atoms with Crippen LogP contribution in [-0.4, -0.2) is 28.8 Å². The van der Waals surface area contributed by atoms with E-state index in [-0.39, 0.29) is 30.8 Å². The number of benzene rings is 2. The Kier molecular flexibility index (Phi) is 7.90. The molecule has 6 heteroatoms. The van der Waals surface area contributed by atoms with Gasteiger partial charge in [0.05, 0.1) is 16.5 Å². The van der Waals surface area contributed by atoms with E-state index in [2.05, 4.69) is 5.32 Å². The molecule has 0 heterocycles. The van der Waals surface area contributed by atoms with Crippen LogP contribution in [0.1, 0.15) is 37.5 Å². The molecular weight excluding hydrogens is 395 g/mol. The van der Waals surface area contributed by atoms with Crippen molar-refractivity contribution in [2.24, 2.45) is 0 Å². The summed E-state index contributed by atoms with van der Waals surface area (Å²) in [4.78, 5) is 27.3. The van der Waals surface area contributed by atoms with Crippen molar-refractivity contribution in [3.63, 3.8) is 0 Å². The number of amides is 2. The van der Waals surface area contributed by atoms with Crippen molar-refractivity contribution < 1.29 is 9.59 Å². The minimum Gasteiger partial charge on any atom is -0.352 e. The van der Waals surface area contributed by atoms with Crippen LogP contribution in [0, 0.1) is 6.92 Å². The second-order valence-electron chi connectivity index (χ2n) is 7.21. The van der Waals surface area contributed by atoms with Crippen molar-refractivity contribution in [3.05, 3.63) is 69.2 Å². The highest BCUT2D eigenvalue weighted by Gasteiger charge is 2.27. The molecule has 150 valence electrons. The lowest BCUT2D eigenvalue weighted by molar-refractivity contribution is -0.140. The third kappa shape index (κ3) is 5.98. The molecule has 0 saturated carbocycles. The van der Waals surface area contributed by atoms with Crippen LogP contribution in [0.3, 0.4) is 0 Å². The van der Waals surface area contributed by atoms with Gasteiger partial charge in [-0.15, -0.1) is 0 Å². The molecule has 0 aliphatic rings. The van der Waals surface area contributed by atoms with Crippen LogP contribution >= 0.6 is 23.2 Å². The summed E-state index contributed by atoms with van der Waals surface area (Å²) in [5, 5.41) is 3.75. The van der Waals surface area contributed by atoms with Crippen LogP contribution < -0.4 is 5.32 Å². The number of rotatable bonds is 7. The molecule has 0 aliphatic heterocycles. The Morgan fingerprint density at radius 3 is 2.32 bits per heavy atom. The summed E-state index contributed by atoms with van der Waals surface area (Å²) in [5.41, 5.74) is 2.81. The number of hydrogen-bond acceptors (Lipinski definition) is 2. The maximum Gasteiger partial charge on any atom is 0.242 e. The van der Waals surface area contributed by atoms with Crippen molar-refractivity contribution in [1.29, 1.82) is 0 Å². The monoisotopic (exact) mass is 420 g/mol. The van der Waals surface area contributed by atoms with Gasteiger partial charge >= 0.3 is 0 Å². The molecule has 0 bridgehead atoms. The molecule has 1 N–H and O–H groups in total. The highest BCUT2D eigenvalue weighted by molar-refractivity contribution is 6.42. The Hall–Kier alpha value is -2.04. The molecule has 0 aromatic heterocycles. The Morgan fingerprint density at radius 2 is 1.71 bits per heavy atom. The largest absolute Gasteiger partial charge is 0.352 e. The zero-order chi connectivity index (χ0) is 20.8. The molecule has 2 rings (SSSR count). The van der Waals surface area contributed by atoms with Crippen LogP contribution in [0.2, 0.25) is 10.0 Å². The predicted octanol–water partition coefficient (Wildman–Crippen LogP) is 4.79. The van der Waals surface area contributed by atoms with Gasteiger partial charge in [-0.3, -0.25) is 9.59 Å². The van der Waals surface area contributed by atoms with Gasteiger partial charge in [0.25, 0.3) is 0 Å². The number of carbonyl (C=O) groups excluding carboxylic acids is 2. The zero-order valence-corrected chi connectivity index (χ0v) is 18.1. The van der Waals surface area contributed by atoms with E-state index in [0.717, 1.165) is 16.7 Å². The third-order valence-corrected chi connectivity index (χ3v) is 5.28. The van der Waals surface area contributed by atoms with Crippen molar-refractivity contribution in [1.82, 2.24) is 10.2 Å². The van der Waals surface area contributed by atoms with Crippen LogP contribution in [0.15, 0.2) is 42.5 Å². The Bertz CT molecular complexity index is 852. The highest BCUT2D eigenvalue weighted by Crippen LogP contribution is 2.24. The van der Waals surface area contributed by atoms with Crippen molar-refractivity contribution in [2.45, 2.75) is 52.7 Å². The maximum absolute atomic E-state index is 13.1. The number of nitrogens with zero attached hydrogens (tertiary/aromatic N) is 1. The summed E-state index contributed by atoms with van der Waals surface area (Å²) in [6.45, 7) is 7.77. The summed E-state index contributed by atoms with van der Waals surface area (Å²) >= 11 is 12.1. The van der Waals surface area contributed by atoms with Gasteiger partial charge in [0.1, 0.15) is 6.04 Å². The molecule has 0 radical (unpaired) electrons. The first-order valence-electron chi connectivity index (χ1n) is 9.27. The molecule has 0 unspecified atom stereocenters. The lowest BCUT2D eigenvalue weighted by atomic mass is 10.0. The molecule has 2 aromatic rings. The van der Waals surface area contributed by atoms with Gasteiger partial charge in [0.15, 0.2) is 0 Å². The summed E-state index contributed by atoms with van der Waals surface area (Å²) in [6, 6.07) is 12.4. The Balaban J connectivity index is 2.28. The average Bonchev–Trinajstić information content (AvgIpc) is 2.63. The lowest BCUT2D eigenvalue weighted by Crippen LogP contribution is -2.49. The minimum absolute atomic E-state index is 0.00625. The van der Waals surface area contributed by atoms with Crippen LogP contribution in [0.5, 0.6) is 0 Å². The van der Waals surface area contributed by atoms with E-state index >= 15 is 0 Å². The summed E-state index contributed by atoms with van der Waals surface area (Å²) < 4.78 is 0. The molecule has 0 saturated heterocycles. The Labute approximate surface area is 176 Å². The first kappa shape index (κ1) is 22.3. The fourth-order valence-corrected chi connectivity index (χ4v) is 3.22. The predicted molar refractivity (Wildman–Crippen MR) is 115 cm³/mol. The number of hydrogen-bond donors (Lipinski definition) is 1. The van der Waals surface area contributed by atoms with E-state index in [0.29, 0.717) is 10.0 Å². The second-order valence-corrected chi connectivity index (χ2v) is 8.03. The van der Waals surface area contributed by atoms with Gasteiger partial charge in [0, 0.05) is 12.6 Å². The number of aryl methyl sites for hydroxylation is 1. The van der Waals surface area contributed by atoms with Crippen LogP contribution in [0.4, 0.5) is 0 Å². The third-order valence-electron chi connectivity index (χ3n) is 4.54. The molecular formula is C22H26Cl2N2O2. The maximum atomic E-state index is 13.1. The molecule has 1 atom stereocenters. The van der Waals surface area contributed by atoms with E-state index in [1.807, 2.05) is 51.1 Å². The SMILES string of the molecule is Cc1ccccc1CC(=O)N(Cc1ccc(Cl)c(Cl)c1)[C@@H](C)C(=O)NC(C)C. The molecule has 0 aliphatic carbocycles. The van der Waals surface area contributed by atoms with Gasteiger partial charge in [-0.2, -0.15) is 0 Å². The minimum atomic E-state index is -0.617. The number of nitrogens with one attached hydrogen (secondary N) is 1. The van der Waals surface area contributed by atoms with Gasteiger partial charge in [-0.1, -0.05) is 53.5 Å². The van der Waals surface area contributed by atoms with Gasteiger partial charge in [-0.05, 0) is 56.5 Å². The van der Waals surface area contributed by atoms with Gasteiger partial charge in [0.2, 0.25) is 11.8 Å². The van der Waals surface area contributed by atoms with Crippen molar-refractivity contribution >= 4 is 35.0 Å². The zero-order valence-electron chi connectivity index (χ0n) is 16.6. The van der Waals surface area contributed by atoms with Crippen molar-refractivity contribution in [3.8, 4) is 0 Å². The normalized spacial score (nSPS) is 12.0. The lowest BCUT2D eigenvalue weighted by Gasteiger charge is -2.29. The van der Waals surface area contributed by atoms with E-state index in [1.165, 1.54) is 0 Å². The van der Waals surface area contributed by atoms with E-state index in [4.69, 9.17) is 23.2 Å². The summed E-state index contributed by atoms with van der Waals surface area (Å²) in [6.07, 6.45) is 0.229. The van der Waals surface area contributed by atoms with Crippen LogP contribution in [0.25, 0.3) is 0 Å². The number of halogens is 2. The molecule has 2 aromatic carbocycles. The highest BCUT2D eigenvalue weighted by atomic mass is 35.5. The average molecular weight is 421 g/mol. The number of carbonyl (C=O) groups is 2. The van der Waals surface area contributed by atoms with Crippen LogP contribution in [-0.2, 0) is 22.6 Å². The second kappa shape index (κ2) is 9.94. The fraction of sp³-hybridized carbons (Fsp3) is 0.364. The van der Waals surface area contributed by atoms with Gasteiger partial charge < -0.3 is 10.2 Å². The van der Waals surface area contributed by atoms with Crippen molar-refractivity contribution in [2.75, 3.05) is 0 Å². The molecule has 2 amide bonds. The molecule has 0 fully saturated rings. The summed E-state index contributed by atoms with van der Waals surface area (Å²) in [5.74, 6) is -0.306. The fourth-order valence-electron chi connectivity index (χ4n) is 2.90. The molecule has 28 heavy (non-hydrogen) atoms. The first-order chi connectivity index (χ1) is 13.2. The molecule has 0 spiro atoms. The first-order valence-corrected chi connectivity index (χ1v) is 10.0. The summed E-state index contributed by atoms with van der Waals surface area (Å²) in [7, 11) is 0. The van der Waals surface area contributed by atoms with E-state index in [1.54, 1.807) is 24.0 Å². The van der Waals surface area contributed by atoms with E-state index < -0.39 is 6.04 Å². The standard InChI is InChI=1S/C22H26Cl2N2O2/c1-14(2)25-22(28)16(4)26(13-17-9-10-19(23)20(24)11-17)21(27)12-18-8-6-5-7-15(18)3/h5-11,14,16H,12-13H2,1-4H3,(H,25,28)/t16-/m0/s1. The quantitative estimate of drug-likeness (QED) is 0.699. The Morgan fingerprint density at radius 1 is 1.04 bits per heavy atom.